The number of hydrogen-bond donors (Lipinski definition) is 2. The van der Waals surface area contributed by atoms with Crippen LogP contribution in [-0.2, 0) is 11.2 Å². The Hall–Kier alpha value is -1.81. The Morgan fingerprint density at radius 2 is 2.24 bits per heavy atom. The number of amides is 1. The number of fused-ring (bicyclic) bond motifs is 1. The van der Waals surface area contributed by atoms with Crippen LogP contribution in [0.25, 0.3) is 10.9 Å². The zero-order chi connectivity index (χ0) is 14.7. The van der Waals surface area contributed by atoms with E-state index in [0.29, 0.717) is 6.42 Å². The van der Waals surface area contributed by atoms with Gasteiger partial charge in [-0.25, -0.2) is 0 Å². The summed E-state index contributed by atoms with van der Waals surface area (Å²) < 4.78 is 0. The summed E-state index contributed by atoms with van der Waals surface area (Å²) in [6.07, 6.45) is 6.32. The van der Waals surface area contributed by atoms with Crippen molar-refractivity contribution in [2.45, 2.75) is 38.1 Å². The van der Waals surface area contributed by atoms with Crippen molar-refractivity contribution in [1.82, 2.24) is 9.88 Å². The second-order valence-corrected chi connectivity index (χ2v) is 5.78. The fraction of sp³-hybridized carbons (Fsp3) is 0.471. The number of aromatic amines is 1. The van der Waals surface area contributed by atoms with Gasteiger partial charge in [0.2, 0.25) is 5.91 Å². The average molecular weight is 286 g/mol. The molecule has 1 aliphatic rings. The molecule has 0 spiro atoms. The molecule has 1 fully saturated rings. The zero-order valence-electron chi connectivity index (χ0n) is 12.2. The molecule has 0 bridgehead atoms. The van der Waals surface area contributed by atoms with Crippen molar-refractivity contribution in [3.05, 3.63) is 36.0 Å². The second kappa shape index (κ2) is 6.31. The molecule has 2 heterocycles. The number of carbonyl (C=O) groups excluding carboxylic acids is 1. The predicted molar refractivity (Wildman–Crippen MR) is 83.1 cm³/mol. The van der Waals surface area contributed by atoms with Gasteiger partial charge in [0.05, 0.1) is 12.6 Å². The lowest BCUT2D eigenvalue weighted by molar-refractivity contribution is -0.132. The van der Waals surface area contributed by atoms with Crippen LogP contribution in [0.4, 0.5) is 0 Å². The van der Waals surface area contributed by atoms with E-state index < -0.39 is 0 Å². The fourth-order valence-electron chi connectivity index (χ4n) is 3.27. The number of aliphatic hydroxyl groups is 1. The molecule has 4 heteroatoms. The van der Waals surface area contributed by atoms with Gasteiger partial charge in [0, 0.05) is 30.1 Å². The third-order valence-corrected chi connectivity index (χ3v) is 4.42. The van der Waals surface area contributed by atoms with Gasteiger partial charge in [-0.3, -0.25) is 4.79 Å². The van der Waals surface area contributed by atoms with Crippen molar-refractivity contribution in [3.8, 4) is 0 Å². The van der Waals surface area contributed by atoms with Crippen LogP contribution in [0, 0.1) is 0 Å². The molecule has 2 N–H and O–H groups in total. The molecule has 0 aliphatic carbocycles. The lowest BCUT2D eigenvalue weighted by atomic mass is 10.1. The summed E-state index contributed by atoms with van der Waals surface area (Å²) in [4.78, 5) is 17.3. The van der Waals surface area contributed by atoms with E-state index in [2.05, 4.69) is 17.1 Å². The third kappa shape index (κ3) is 2.95. The summed E-state index contributed by atoms with van der Waals surface area (Å²) in [6.45, 7) is 0.894. The second-order valence-electron chi connectivity index (χ2n) is 5.78. The molecule has 112 valence electrons. The van der Waals surface area contributed by atoms with Gasteiger partial charge in [0.25, 0.3) is 0 Å². The average Bonchev–Trinajstić information content (AvgIpc) is 3.14. The Balaban J connectivity index is 1.55. The number of benzene rings is 1. The first kappa shape index (κ1) is 14.1. The standard InChI is InChI=1S/C17H22N2O2/c20-12-14-6-4-10-19(14)17(21)9-3-5-13-11-18-16-8-2-1-7-15(13)16/h1-2,7-8,11,14,18,20H,3-6,9-10,12H2/t14-/m1/s1. The Morgan fingerprint density at radius 1 is 1.38 bits per heavy atom. The number of H-pyrrole nitrogens is 1. The van der Waals surface area contributed by atoms with Gasteiger partial charge in [-0.15, -0.1) is 0 Å². The van der Waals surface area contributed by atoms with Crippen LogP contribution in [0.5, 0.6) is 0 Å². The van der Waals surface area contributed by atoms with Crippen LogP contribution >= 0.6 is 0 Å². The smallest absolute Gasteiger partial charge is 0.222 e. The highest BCUT2D eigenvalue weighted by Gasteiger charge is 2.27. The molecule has 1 amide bonds. The van der Waals surface area contributed by atoms with Crippen molar-refractivity contribution in [3.63, 3.8) is 0 Å². The van der Waals surface area contributed by atoms with Gasteiger partial charge in [0.15, 0.2) is 0 Å². The van der Waals surface area contributed by atoms with Gasteiger partial charge in [0.1, 0.15) is 0 Å². The highest BCUT2D eigenvalue weighted by Crippen LogP contribution is 2.21. The van der Waals surface area contributed by atoms with Crippen LogP contribution in [0.1, 0.15) is 31.2 Å². The Labute approximate surface area is 124 Å². The lowest BCUT2D eigenvalue weighted by Crippen LogP contribution is -2.37. The summed E-state index contributed by atoms with van der Waals surface area (Å²) in [6, 6.07) is 8.30. The van der Waals surface area contributed by atoms with E-state index in [1.165, 1.54) is 10.9 Å². The maximum Gasteiger partial charge on any atom is 0.222 e. The van der Waals surface area contributed by atoms with Gasteiger partial charge in [-0.05, 0) is 37.3 Å². The van der Waals surface area contributed by atoms with E-state index in [1.54, 1.807) is 0 Å². The molecule has 21 heavy (non-hydrogen) atoms. The van der Waals surface area contributed by atoms with Gasteiger partial charge in [-0.2, -0.15) is 0 Å². The van der Waals surface area contributed by atoms with E-state index in [1.807, 2.05) is 23.2 Å². The number of likely N-dealkylation sites (tertiary alicyclic amines) is 1. The fourth-order valence-corrected chi connectivity index (χ4v) is 3.27. The number of rotatable bonds is 5. The maximum absolute atomic E-state index is 12.2. The van der Waals surface area contributed by atoms with Crippen LogP contribution in [0.15, 0.2) is 30.5 Å². The minimum Gasteiger partial charge on any atom is -0.394 e. The molecule has 4 nitrogen and oxygen atoms in total. The number of nitrogens with one attached hydrogen (secondary N) is 1. The van der Waals surface area contributed by atoms with Crippen LogP contribution in [0.3, 0.4) is 0 Å². The summed E-state index contributed by atoms with van der Waals surface area (Å²) >= 11 is 0. The maximum atomic E-state index is 12.2. The van der Waals surface area contributed by atoms with Crippen molar-refractivity contribution >= 4 is 16.8 Å². The summed E-state index contributed by atoms with van der Waals surface area (Å²) in [5.74, 6) is 0.186. The molecule has 1 aliphatic heterocycles. The van der Waals surface area contributed by atoms with Crippen LogP contribution in [0.2, 0.25) is 0 Å². The summed E-state index contributed by atoms with van der Waals surface area (Å²) in [5, 5.41) is 10.5. The zero-order valence-corrected chi connectivity index (χ0v) is 12.2. The lowest BCUT2D eigenvalue weighted by Gasteiger charge is -2.22. The first-order valence-corrected chi connectivity index (χ1v) is 7.75. The number of carbonyl (C=O) groups is 1. The first-order chi connectivity index (χ1) is 10.3. The Kier molecular flexibility index (Phi) is 4.25. The molecular formula is C17H22N2O2. The van der Waals surface area contributed by atoms with E-state index in [-0.39, 0.29) is 18.6 Å². The van der Waals surface area contributed by atoms with Crippen molar-refractivity contribution in [2.24, 2.45) is 0 Å². The molecule has 1 aromatic carbocycles. The molecule has 1 aromatic heterocycles. The minimum absolute atomic E-state index is 0.0468. The summed E-state index contributed by atoms with van der Waals surface area (Å²) in [7, 11) is 0. The molecule has 1 atom stereocenters. The monoisotopic (exact) mass is 286 g/mol. The minimum atomic E-state index is 0.0468. The Bertz CT molecular complexity index is 620. The number of aliphatic hydroxyl groups excluding tert-OH is 1. The quantitative estimate of drug-likeness (QED) is 0.887. The number of nitrogens with zero attached hydrogens (tertiary/aromatic N) is 1. The molecule has 2 aromatic rings. The van der Waals surface area contributed by atoms with E-state index in [9.17, 15) is 9.90 Å². The number of aryl methyl sites for hydroxylation is 1. The largest absolute Gasteiger partial charge is 0.394 e. The number of aromatic nitrogens is 1. The summed E-state index contributed by atoms with van der Waals surface area (Å²) in [5.41, 5.74) is 2.43. The Morgan fingerprint density at radius 3 is 3.10 bits per heavy atom. The van der Waals surface area contributed by atoms with E-state index in [0.717, 1.165) is 37.7 Å². The van der Waals surface area contributed by atoms with Crippen molar-refractivity contribution < 1.29 is 9.90 Å². The molecule has 1 saturated heterocycles. The SMILES string of the molecule is O=C(CCCc1c[nH]c2ccccc12)N1CCC[C@@H]1CO. The molecule has 0 unspecified atom stereocenters. The molecule has 3 rings (SSSR count). The number of para-hydroxylation sites is 1. The topological polar surface area (TPSA) is 56.3 Å². The molecule has 0 radical (unpaired) electrons. The van der Waals surface area contributed by atoms with Gasteiger partial charge >= 0.3 is 0 Å². The highest BCUT2D eigenvalue weighted by atomic mass is 16.3. The predicted octanol–water partition coefficient (Wildman–Crippen LogP) is 2.47. The van der Waals surface area contributed by atoms with Gasteiger partial charge in [-0.1, -0.05) is 18.2 Å². The van der Waals surface area contributed by atoms with Crippen molar-refractivity contribution in [2.75, 3.05) is 13.2 Å². The highest BCUT2D eigenvalue weighted by molar-refractivity contribution is 5.83. The van der Waals surface area contributed by atoms with Crippen molar-refractivity contribution in [1.29, 1.82) is 0 Å². The normalized spacial score (nSPS) is 18.5. The van der Waals surface area contributed by atoms with E-state index in [4.69, 9.17) is 0 Å². The van der Waals surface area contributed by atoms with E-state index >= 15 is 0 Å². The van der Waals surface area contributed by atoms with Crippen LogP contribution < -0.4 is 0 Å². The van der Waals surface area contributed by atoms with Gasteiger partial charge < -0.3 is 15.0 Å². The third-order valence-electron chi connectivity index (χ3n) is 4.42. The van der Waals surface area contributed by atoms with Crippen LogP contribution in [-0.4, -0.2) is 40.1 Å². The molecular weight excluding hydrogens is 264 g/mol. The first-order valence-electron chi connectivity index (χ1n) is 7.75. The number of hydrogen-bond acceptors (Lipinski definition) is 2. The molecule has 0 saturated carbocycles.